The lowest BCUT2D eigenvalue weighted by Crippen LogP contribution is -2.32. The molecule has 108 valence electrons. The quantitative estimate of drug-likeness (QED) is 0.829. The van der Waals surface area contributed by atoms with Gasteiger partial charge in [0.1, 0.15) is 5.82 Å². The van der Waals surface area contributed by atoms with Gasteiger partial charge in [-0.05, 0) is 32.4 Å². The number of nitrogens with zero attached hydrogens (tertiary/aromatic N) is 2. The normalized spacial score (nSPS) is 11.8. The summed E-state index contributed by atoms with van der Waals surface area (Å²) in [7, 11) is 0. The summed E-state index contributed by atoms with van der Waals surface area (Å²) in [6.45, 7) is 3.91. The van der Waals surface area contributed by atoms with Gasteiger partial charge in [0.05, 0.1) is 5.75 Å². The van der Waals surface area contributed by atoms with Crippen molar-refractivity contribution in [3.05, 3.63) is 41.8 Å². The van der Waals surface area contributed by atoms with Crippen LogP contribution >= 0.6 is 11.8 Å². The van der Waals surface area contributed by atoms with Crippen molar-refractivity contribution < 1.29 is 8.91 Å². The van der Waals surface area contributed by atoms with Gasteiger partial charge in [-0.15, -0.1) is 11.8 Å². The molecule has 2 aromatic rings. The molecule has 0 atom stereocenters. The highest BCUT2D eigenvalue weighted by molar-refractivity contribution is 7.98. The SMILES string of the molecule is CC(C)(N)CCc1nc(CSc2ccccc2F)no1. The van der Waals surface area contributed by atoms with Crippen LogP contribution in [-0.4, -0.2) is 15.7 Å². The van der Waals surface area contributed by atoms with E-state index >= 15 is 0 Å². The van der Waals surface area contributed by atoms with E-state index in [0.717, 1.165) is 6.42 Å². The average Bonchev–Trinajstić information content (AvgIpc) is 2.83. The highest BCUT2D eigenvalue weighted by atomic mass is 32.2. The zero-order valence-corrected chi connectivity index (χ0v) is 12.4. The highest BCUT2D eigenvalue weighted by Crippen LogP contribution is 2.24. The van der Waals surface area contributed by atoms with E-state index in [4.69, 9.17) is 10.3 Å². The Morgan fingerprint density at radius 1 is 1.35 bits per heavy atom. The van der Waals surface area contributed by atoms with E-state index in [-0.39, 0.29) is 11.4 Å². The largest absolute Gasteiger partial charge is 0.339 e. The highest BCUT2D eigenvalue weighted by Gasteiger charge is 2.14. The maximum Gasteiger partial charge on any atom is 0.226 e. The molecular weight excluding hydrogens is 277 g/mol. The Morgan fingerprint density at radius 2 is 2.10 bits per heavy atom. The summed E-state index contributed by atoms with van der Waals surface area (Å²) < 4.78 is 18.6. The monoisotopic (exact) mass is 295 g/mol. The number of nitrogens with two attached hydrogens (primary N) is 1. The molecule has 0 radical (unpaired) electrons. The molecule has 6 heteroatoms. The first-order chi connectivity index (χ1) is 9.44. The van der Waals surface area contributed by atoms with E-state index in [9.17, 15) is 4.39 Å². The topological polar surface area (TPSA) is 64.9 Å². The molecule has 0 amide bonds. The molecule has 0 bridgehead atoms. The van der Waals surface area contributed by atoms with Crippen molar-refractivity contribution in [2.45, 2.75) is 42.9 Å². The van der Waals surface area contributed by atoms with Gasteiger partial charge in [0, 0.05) is 16.9 Å². The molecule has 4 nitrogen and oxygen atoms in total. The van der Waals surface area contributed by atoms with E-state index in [1.807, 2.05) is 13.8 Å². The molecule has 0 aliphatic rings. The Morgan fingerprint density at radius 3 is 2.80 bits per heavy atom. The van der Waals surface area contributed by atoms with Crippen molar-refractivity contribution in [2.75, 3.05) is 0 Å². The standard InChI is InChI=1S/C14H18FN3OS/c1-14(2,16)8-7-13-17-12(18-19-13)9-20-11-6-4-3-5-10(11)15/h3-6H,7-9,16H2,1-2H3. The molecule has 0 fully saturated rings. The van der Waals surface area contributed by atoms with Crippen molar-refractivity contribution in [1.82, 2.24) is 10.1 Å². The lowest BCUT2D eigenvalue weighted by molar-refractivity contribution is 0.355. The minimum absolute atomic E-state index is 0.230. The number of hydrogen-bond donors (Lipinski definition) is 1. The van der Waals surface area contributed by atoms with Gasteiger partial charge in [0.15, 0.2) is 5.82 Å². The van der Waals surface area contributed by atoms with E-state index < -0.39 is 0 Å². The number of hydrogen-bond acceptors (Lipinski definition) is 5. The van der Waals surface area contributed by atoms with Crippen LogP contribution in [0.2, 0.25) is 0 Å². The molecule has 0 aliphatic heterocycles. The fourth-order valence-corrected chi connectivity index (χ4v) is 2.37. The summed E-state index contributed by atoms with van der Waals surface area (Å²) in [6, 6.07) is 6.64. The Kier molecular flexibility index (Phi) is 4.77. The number of thioether (sulfide) groups is 1. The molecule has 2 N–H and O–H groups in total. The molecule has 20 heavy (non-hydrogen) atoms. The van der Waals surface area contributed by atoms with Crippen LogP contribution in [0.25, 0.3) is 0 Å². The van der Waals surface area contributed by atoms with Crippen LogP contribution in [0.4, 0.5) is 4.39 Å². The Labute approximate surface area is 121 Å². The zero-order chi connectivity index (χ0) is 14.6. The third-order valence-corrected chi connectivity index (χ3v) is 3.73. The van der Waals surface area contributed by atoms with Crippen LogP contribution in [0.1, 0.15) is 32.0 Å². The molecule has 0 saturated heterocycles. The minimum atomic E-state index is -0.253. The van der Waals surface area contributed by atoms with E-state index in [1.54, 1.807) is 18.2 Å². The van der Waals surface area contributed by atoms with Crippen LogP contribution in [-0.2, 0) is 12.2 Å². The maximum absolute atomic E-state index is 13.5. The van der Waals surface area contributed by atoms with Gasteiger partial charge >= 0.3 is 0 Å². The number of aromatic nitrogens is 2. The molecule has 0 unspecified atom stereocenters. The third kappa shape index (κ3) is 4.61. The Bertz CT molecular complexity index is 566. The first-order valence-electron chi connectivity index (χ1n) is 6.42. The second-order valence-electron chi connectivity index (χ2n) is 5.31. The second-order valence-corrected chi connectivity index (χ2v) is 6.33. The Hall–Kier alpha value is -1.40. The smallest absolute Gasteiger partial charge is 0.226 e. The molecule has 1 aromatic heterocycles. The summed E-state index contributed by atoms with van der Waals surface area (Å²) in [4.78, 5) is 4.87. The molecule has 0 spiro atoms. The van der Waals surface area contributed by atoms with Crippen molar-refractivity contribution >= 4 is 11.8 Å². The molecule has 2 rings (SSSR count). The van der Waals surface area contributed by atoms with Crippen LogP contribution in [0.3, 0.4) is 0 Å². The van der Waals surface area contributed by atoms with Crippen molar-refractivity contribution in [3.8, 4) is 0 Å². The molecule has 0 saturated carbocycles. The molecule has 0 aliphatic carbocycles. The number of halogens is 1. The Balaban J connectivity index is 1.89. The number of aryl methyl sites for hydroxylation is 1. The van der Waals surface area contributed by atoms with Crippen molar-refractivity contribution in [2.24, 2.45) is 5.73 Å². The molecule has 1 heterocycles. The van der Waals surface area contributed by atoms with Gasteiger partial charge in [0.2, 0.25) is 5.89 Å². The van der Waals surface area contributed by atoms with Gasteiger partial charge < -0.3 is 10.3 Å². The zero-order valence-electron chi connectivity index (χ0n) is 11.6. The molecular formula is C14H18FN3OS. The summed E-state index contributed by atoms with van der Waals surface area (Å²) in [5, 5.41) is 3.89. The van der Waals surface area contributed by atoms with Crippen LogP contribution < -0.4 is 5.73 Å². The van der Waals surface area contributed by atoms with Crippen LogP contribution in [0, 0.1) is 5.82 Å². The van der Waals surface area contributed by atoms with Gasteiger partial charge in [-0.1, -0.05) is 17.3 Å². The second kappa shape index (κ2) is 6.37. The van der Waals surface area contributed by atoms with E-state index in [2.05, 4.69) is 10.1 Å². The van der Waals surface area contributed by atoms with Gasteiger partial charge in [0.25, 0.3) is 0 Å². The van der Waals surface area contributed by atoms with Gasteiger partial charge in [-0.2, -0.15) is 4.98 Å². The summed E-state index contributed by atoms with van der Waals surface area (Å²) in [5.74, 6) is 1.40. The summed E-state index contributed by atoms with van der Waals surface area (Å²) >= 11 is 1.35. The average molecular weight is 295 g/mol. The predicted molar refractivity (Wildman–Crippen MR) is 76.8 cm³/mol. The van der Waals surface area contributed by atoms with E-state index in [0.29, 0.717) is 28.8 Å². The molecule has 1 aromatic carbocycles. The fraction of sp³-hybridized carbons (Fsp3) is 0.429. The lowest BCUT2D eigenvalue weighted by atomic mass is 10.0. The summed E-state index contributed by atoms with van der Waals surface area (Å²) in [5.41, 5.74) is 5.65. The maximum atomic E-state index is 13.5. The first-order valence-corrected chi connectivity index (χ1v) is 7.40. The fourth-order valence-electron chi connectivity index (χ4n) is 1.58. The van der Waals surface area contributed by atoms with Gasteiger partial charge in [-0.25, -0.2) is 4.39 Å². The van der Waals surface area contributed by atoms with Crippen LogP contribution in [0.15, 0.2) is 33.7 Å². The number of benzene rings is 1. The van der Waals surface area contributed by atoms with Crippen LogP contribution in [0.5, 0.6) is 0 Å². The van der Waals surface area contributed by atoms with Crippen molar-refractivity contribution in [1.29, 1.82) is 0 Å². The van der Waals surface area contributed by atoms with E-state index in [1.165, 1.54) is 17.8 Å². The number of rotatable bonds is 6. The third-order valence-electron chi connectivity index (χ3n) is 2.69. The van der Waals surface area contributed by atoms with Gasteiger partial charge in [-0.3, -0.25) is 0 Å². The first kappa shape index (κ1) is 15.0. The summed E-state index contributed by atoms with van der Waals surface area (Å²) in [6.07, 6.45) is 1.43. The van der Waals surface area contributed by atoms with Crippen molar-refractivity contribution in [3.63, 3.8) is 0 Å². The minimum Gasteiger partial charge on any atom is -0.339 e. The predicted octanol–water partition coefficient (Wildman–Crippen LogP) is 3.17. The lowest BCUT2D eigenvalue weighted by Gasteiger charge is -2.16.